The van der Waals surface area contributed by atoms with Crippen LogP contribution in [0, 0.1) is 5.41 Å². The first kappa shape index (κ1) is 12.3. The van der Waals surface area contributed by atoms with Crippen LogP contribution in [0.3, 0.4) is 0 Å². The number of carbonyl (C=O) groups excluding carboxylic acids is 2. The SMILES string of the molecule is COC(=O)C1=CC(C)(C)C=C(C(=O)OC)O1. The van der Waals surface area contributed by atoms with E-state index in [1.807, 2.05) is 13.8 Å². The predicted octanol–water partition coefficient (Wildman–Crippen LogP) is 1.16. The molecule has 0 radical (unpaired) electrons. The van der Waals surface area contributed by atoms with Crippen LogP contribution in [0.4, 0.5) is 0 Å². The molecule has 5 heteroatoms. The van der Waals surface area contributed by atoms with E-state index in [1.165, 1.54) is 14.2 Å². The molecule has 0 saturated heterocycles. The minimum atomic E-state index is -0.623. The van der Waals surface area contributed by atoms with E-state index in [4.69, 9.17) is 4.74 Å². The second kappa shape index (κ2) is 4.38. The standard InChI is InChI=1S/C11H14O5/c1-11(2)5-7(9(12)14-3)16-8(6-11)10(13)15-4/h5-6H,1-4H3. The summed E-state index contributed by atoms with van der Waals surface area (Å²) in [5.74, 6) is -1.25. The summed E-state index contributed by atoms with van der Waals surface area (Å²) in [7, 11) is 2.49. The summed E-state index contributed by atoms with van der Waals surface area (Å²) in [6, 6.07) is 0. The van der Waals surface area contributed by atoms with Gasteiger partial charge < -0.3 is 14.2 Å². The van der Waals surface area contributed by atoms with Crippen LogP contribution in [-0.4, -0.2) is 26.2 Å². The van der Waals surface area contributed by atoms with Crippen molar-refractivity contribution in [3.05, 3.63) is 23.7 Å². The number of hydrogen-bond donors (Lipinski definition) is 0. The smallest absolute Gasteiger partial charge is 0.373 e. The van der Waals surface area contributed by atoms with Gasteiger partial charge in [0, 0.05) is 5.41 Å². The van der Waals surface area contributed by atoms with Crippen molar-refractivity contribution in [2.45, 2.75) is 13.8 Å². The van der Waals surface area contributed by atoms with E-state index >= 15 is 0 Å². The molecule has 0 aliphatic carbocycles. The Bertz CT molecular complexity index is 342. The van der Waals surface area contributed by atoms with Crippen LogP contribution >= 0.6 is 0 Å². The second-order valence-corrected chi connectivity index (χ2v) is 3.92. The Morgan fingerprint density at radius 3 is 1.75 bits per heavy atom. The number of hydrogen-bond acceptors (Lipinski definition) is 5. The maximum atomic E-state index is 11.3. The summed E-state index contributed by atoms with van der Waals surface area (Å²) in [6.45, 7) is 3.67. The van der Waals surface area contributed by atoms with Gasteiger partial charge in [0.1, 0.15) is 0 Å². The second-order valence-electron chi connectivity index (χ2n) is 3.92. The largest absolute Gasteiger partial charge is 0.463 e. The van der Waals surface area contributed by atoms with Crippen LogP contribution in [0.25, 0.3) is 0 Å². The average Bonchev–Trinajstić information content (AvgIpc) is 2.24. The van der Waals surface area contributed by atoms with Crippen molar-refractivity contribution in [3.8, 4) is 0 Å². The minimum Gasteiger partial charge on any atom is -0.463 e. The highest BCUT2D eigenvalue weighted by Gasteiger charge is 2.29. The summed E-state index contributed by atoms with van der Waals surface area (Å²) in [4.78, 5) is 22.6. The lowest BCUT2D eigenvalue weighted by Gasteiger charge is -2.23. The third-order valence-corrected chi connectivity index (χ3v) is 2.00. The minimum absolute atomic E-state index is 0.00426. The summed E-state index contributed by atoms with van der Waals surface area (Å²) in [6.07, 6.45) is 3.18. The van der Waals surface area contributed by atoms with Gasteiger partial charge in [-0.25, -0.2) is 9.59 Å². The van der Waals surface area contributed by atoms with E-state index < -0.39 is 17.4 Å². The van der Waals surface area contributed by atoms with Crippen LogP contribution in [0.5, 0.6) is 0 Å². The lowest BCUT2D eigenvalue weighted by Crippen LogP contribution is -2.22. The van der Waals surface area contributed by atoms with Crippen molar-refractivity contribution in [3.63, 3.8) is 0 Å². The normalized spacial score (nSPS) is 17.8. The van der Waals surface area contributed by atoms with Gasteiger partial charge in [0.15, 0.2) is 0 Å². The molecule has 0 N–H and O–H groups in total. The number of methoxy groups -OCH3 is 2. The van der Waals surface area contributed by atoms with E-state index in [0.717, 1.165) is 0 Å². The Kier molecular flexibility index (Phi) is 3.37. The Labute approximate surface area is 93.7 Å². The number of rotatable bonds is 2. The zero-order valence-corrected chi connectivity index (χ0v) is 9.70. The van der Waals surface area contributed by atoms with Crippen LogP contribution in [0.2, 0.25) is 0 Å². The molecule has 0 atom stereocenters. The molecule has 1 heterocycles. The topological polar surface area (TPSA) is 61.8 Å². The molecule has 1 aliphatic heterocycles. The molecule has 5 nitrogen and oxygen atoms in total. The van der Waals surface area contributed by atoms with Crippen molar-refractivity contribution in [1.29, 1.82) is 0 Å². The van der Waals surface area contributed by atoms with E-state index in [9.17, 15) is 9.59 Å². The van der Waals surface area contributed by atoms with Gasteiger partial charge in [0.05, 0.1) is 14.2 Å². The summed E-state index contributed by atoms with van der Waals surface area (Å²) >= 11 is 0. The van der Waals surface area contributed by atoms with Crippen molar-refractivity contribution in [1.82, 2.24) is 0 Å². The van der Waals surface area contributed by atoms with Gasteiger partial charge >= 0.3 is 11.9 Å². The number of carbonyl (C=O) groups is 2. The van der Waals surface area contributed by atoms with E-state index in [1.54, 1.807) is 12.2 Å². The first-order valence-corrected chi connectivity index (χ1v) is 4.70. The van der Waals surface area contributed by atoms with Crippen LogP contribution < -0.4 is 0 Å². The summed E-state index contributed by atoms with van der Waals surface area (Å²) < 4.78 is 14.2. The maximum absolute atomic E-state index is 11.3. The van der Waals surface area contributed by atoms with Crippen molar-refractivity contribution in [2.75, 3.05) is 14.2 Å². The molecule has 0 amide bonds. The molecule has 1 aliphatic rings. The molecule has 0 bridgehead atoms. The Hall–Kier alpha value is -1.78. The van der Waals surface area contributed by atoms with Gasteiger partial charge in [-0.05, 0) is 12.2 Å². The lowest BCUT2D eigenvalue weighted by molar-refractivity contribution is -0.143. The van der Waals surface area contributed by atoms with Gasteiger partial charge in [-0.3, -0.25) is 0 Å². The Morgan fingerprint density at radius 1 is 1.06 bits per heavy atom. The van der Waals surface area contributed by atoms with E-state index in [-0.39, 0.29) is 11.5 Å². The molecule has 0 unspecified atom stereocenters. The Balaban J connectivity index is 3.00. The fourth-order valence-corrected chi connectivity index (χ4v) is 1.30. The molecule has 0 saturated carbocycles. The molecule has 88 valence electrons. The number of esters is 2. The molecule has 0 aromatic carbocycles. The molecular weight excluding hydrogens is 212 g/mol. The molecule has 0 aromatic rings. The Morgan fingerprint density at radius 2 is 1.44 bits per heavy atom. The molecular formula is C11H14O5. The van der Waals surface area contributed by atoms with Gasteiger partial charge in [0.2, 0.25) is 11.5 Å². The fraction of sp³-hybridized carbons (Fsp3) is 0.455. The van der Waals surface area contributed by atoms with Crippen LogP contribution in [0.1, 0.15) is 13.8 Å². The third-order valence-electron chi connectivity index (χ3n) is 2.00. The highest BCUT2D eigenvalue weighted by atomic mass is 16.6. The first-order valence-electron chi connectivity index (χ1n) is 4.70. The molecule has 0 fully saturated rings. The van der Waals surface area contributed by atoms with Crippen molar-refractivity contribution >= 4 is 11.9 Å². The predicted molar refractivity (Wildman–Crippen MR) is 55.1 cm³/mol. The third kappa shape index (κ3) is 2.62. The summed E-state index contributed by atoms with van der Waals surface area (Å²) in [5.41, 5.74) is -0.467. The maximum Gasteiger partial charge on any atom is 0.373 e. The fourth-order valence-electron chi connectivity index (χ4n) is 1.30. The lowest BCUT2D eigenvalue weighted by atomic mass is 9.90. The monoisotopic (exact) mass is 226 g/mol. The molecule has 1 rings (SSSR count). The quantitative estimate of drug-likeness (QED) is 0.661. The van der Waals surface area contributed by atoms with Gasteiger partial charge in [-0.15, -0.1) is 0 Å². The first-order chi connectivity index (χ1) is 7.39. The zero-order chi connectivity index (χ0) is 12.3. The van der Waals surface area contributed by atoms with Crippen molar-refractivity contribution < 1.29 is 23.8 Å². The summed E-state index contributed by atoms with van der Waals surface area (Å²) in [5, 5.41) is 0. The van der Waals surface area contributed by atoms with E-state index in [2.05, 4.69) is 9.47 Å². The van der Waals surface area contributed by atoms with Gasteiger partial charge in [-0.1, -0.05) is 13.8 Å². The highest BCUT2D eigenvalue weighted by molar-refractivity contribution is 5.91. The van der Waals surface area contributed by atoms with Crippen LogP contribution in [-0.2, 0) is 23.8 Å². The van der Waals surface area contributed by atoms with Crippen molar-refractivity contribution in [2.24, 2.45) is 5.41 Å². The average molecular weight is 226 g/mol. The van der Waals surface area contributed by atoms with E-state index in [0.29, 0.717) is 0 Å². The molecule has 16 heavy (non-hydrogen) atoms. The van der Waals surface area contributed by atoms with Gasteiger partial charge in [-0.2, -0.15) is 0 Å². The molecule has 0 aromatic heterocycles. The number of ether oxygens (including phenoxy) is 3. The molecule has 0 spiro atoms. The van der Waals surface area contributed by atoms with Gasteiger partial charge in [0.25, 0.3) is 0 Å². The van der Waals surface area contributed by atoms with Crippen LogP contribution in [0.15, 0.2) is 23.7 Å². The number of allylic oxidation sites excluding steroid dienone is 2. The zero-order valence-electron chi connectivity index (χ0n) is 9.70. The highest BCUT2D eigenvalue weighted by Crippen LogP contribution is 2.30.